The first-order valence-electron chi connectivity index (χ1n) is 18.5. The van der Waals surface area contributed by atoms with Crippen molar-refractivity contribution >= 4 is 87.5 Å². The molecule has 0 aliphatic rings. The molecule has 4 rings (SSSR count). The monoisotopic (exact) mass is 1050 g/mol. The molecule has 4 aromatic rings. The number of phenolic OH excluding ortho intramolecular Hbond substituents is 1. The number of rotatable bonds is 16. The molecule has 0 saturated heterocycles. The highest BCUT2D eigenvalue weighted by atomic mass is 79.9. The number of benzene rings is 4. The fourth-order valence-electron chi connectivity index (χ4n) is 5.85. The zero-order chi connectivity index (χ0) is 43.2. The van der Waals surface area contributed by atoms with Gasteiger partial charge in [0.25, 0.3) is 11.8 Å². The van der Waals surface area contributed by atoms with Gasteiger partial charge >= 0.3 is 11.9 Å². The van der Waals surface area contributed by atoms with Gasteiger partial charge < -0.3 is 35.1 Å². The predicted molar refractivity (Wildman–Crippen MR) is 237 cm³/mol. The first kappa shape index (κ1) is 46.8. The van der Waals surface area contributed by atoms with Gasteiger partial charge in [-0.05, 0) is 154 Å². The molecule has 0 heterocycles. The van der Waals surface area contributed by atoms with Gasteiger partial charge in [-0.2, -0.15) is 0 Å². The first-order valence-corrected chi connectivity index (χ1v) is 21.7. The second kappa shape index (κ2) is 20.4. The van der Waals surface area contributed by atoms with Crippen LogP contribution in [0.25, 0.3) is 0 Å². The maximum atomic E-state index is 13.8. The smallest absolute Gasteiger partial charge is 0.334 e. The molecule has 58 heavy (non-hydrogen) atoms. The van der Waals surface area contributed by atoms with E-state index in [2.05, 4.69) is 74.4 Å². The van der Waals surface area contributed by atoms with Crippen LogP contribution in [0.2, 0.25) is 0 Å². The molecule has 0 spiro atoms. The fourth-order valence-corrected chi connectivity index (χ4v) is 8.55. The second-order valence-corrected chi connectivity index (χ2v) is 18.5. The third-order valence-electron chi connectivity index (χ3n) is 8.91. The molecule has 0 saturated carbocycles. The summed E-state index contributed by atoms with van der Waals surface area (Å²) in [5.41, 5.74) is 1.91. The lowest BCUT2D eigenvalue weighted by molar-refractivity contribution is -0.140. The number of carbonyl (C=O) groups excluding carboxylic acids is 3. The summed E-state index contributed by atoms with van der Waals surface area (Å²) in [6.45, 7) is 15.1. The van der Waals surface area contributed by atoms with Crippen LogP contribution in [0.1, 0.15) is 105 Å². The average Bonchev–Trinajstić information content (AvgIpc) is 3.13. The summed E-state index contributed by atoms with van der Waals surface area (Å²) in [5.74, 6) is -0.877. The summed E-state index contributed by atoms with van der Waals surface area (Å²) in [4.78, 5) is 51.9. The van der Waals surface area contributed by atoms with E-state index in [0.29, 0.717) is 58.6 Å². The Hall–Kier alpha value is -3.92. The lowest BCUT2D eigenvalue weighted by Crippen LogP contribution is -2.44. The molecule has 0 aliphatic heterocycles. The molecule has 310 valence electrons. The lowest BCUT2D eigenvalue weighted by atomic mass is 10.0. The van der Waals surface area contributed by atoms with Crippen molar-refractivity contribution in [3.05, 3.63) is 101 Å². The average molecular weight is 1050 g/mol. The molecule has 0 aromatic heterocycles. The Morgan fingerprint density at radius 3 is 1.52 bits per heavy atom. The summed E-state index contributed by atoms with van der Waals surface area (Å²) in [5, 5.41) is 25.1. The van der Waals surface area contributed by atoms with Crippen molar-refractivity contribution in [2.75, 3.05) is 0 Å². The molecule has 0 bridgehead atoms. The highest BCUT2D eigenvalue weighted by molar-refractivity contribution is 9.11. The van der Waals surface area contributed by atoms with E-state index in [9.17, 15) is 29.4 Å². The van der Waals surface area contributed by atoms with Crippen LogP contribution in [0.5, 0.6) is 34.5 Å². The van der Waals surface area contributed by atoms with Crippen LogP contribution in [0, 0.1) is 11.8 Å². The molecule has 0 aliphatic carbocycles. The van der Waals surface area contributed by atoms with E-state index in [1.807, 2.05) is 41.5 Å². The van der Waals surface area contributed by atoms with Gasteiger partial charge in [-0.3, -0.25) is 9.59 Å². The van der Waals surface area contributed by atoms with E-state index in [-0.39, 0.29) is 40.5 Å². The molecule has 2 amide bonds. The SMILES string of the molecule is CC(C)C[C@H](NC(=O)c1cc(Br)c(Oc2ccc(O)c(C(C)C)c2)c(Br)c1)C(=O)Oc1ccc(Oc2c(Br)cc(C(=O)N[C@H](C(=O)O)C(C)C)cc2Br)cc1C(C)C. The normalized spacial score (nSPS) is 12.4. The number of phenols is 1. The number of hydrogen-bond acceptors (Lipinski definition) is 8. The number of carboxylic acid groups (broad SMARTS) is 1. The van der Waals surface area contributed by atoms with E-state index in [1.165, 1.54) is 12.1 Å². The van der Waals surface area contributed by atoms with Crippen molar-refractivity contribution in [2.45, 2.75) is 85.7 Å². The van der Waals surface area contributed by atoms with Crippen molar-refractivity contribution in [3.8, 4) is 34.5 Å². The van der Waals surface area contributed by atoms with Crippen molar-refractivity contribution in [2.24, 2.45) is 11.8 Å². The van der Waals surface area contributed by atoms with E-state index in [1.54, 1.807) is 62.4 Å². The number of hydrogen-bond donors (Lipinski definition) is 4. The van der Waals surface area contributed by atoms with Crippen molar-refractivity contribution in [3.63, 3.8) is 0 Å². The Labute approximate surface area is 372 Å². The lowest BCUT2D eigenvalue weighted by Gasteiger charge is -2.22. The number of halogens is 4. The summed E-state index contributed by atoms with van der Waals surface area (Å²) >= 11 is 14.0. The van der Waals surface area contributed by atoms with Crippen LogP contribution in [-0.2, 0) is 9.59 Å². The number of aliphatic carboxylic acids is 1. The van der Waals surface area contributed by atoms with Crippen molar-refractivity contribution in [1.82, 2.24) is 10.6 Å². The van der Waals surface area contributed by atoms with Gasteiger partial charge in [0.15, 0.2) is 11.5 Å². The summed E-state index contributed by atoms with van der Waals surface area (Å²) in [6.07, 6.45) is 0.315. The third-order valence-corrected chi connectivity index (χ3v) is 11.3. The number of esters is 1. The van der Waals surface area contributed by atoms with Crippen LogP contribution < -0.4 is 24.8 Å². The minimum Gasteiger partial charge on any atom is -0.508 e. The minimum absolute atomic E-state index is 0.0386. The first-order chi connectivity index (χ1) is 27.2. The summed E-state index contributed by atoms with van der Waals surface area (Å²) in [6, 6.07) is 14.3. The zero-order valence-corrected chi connectivity index (χ0v) is 39.6. The number of amides is 2. The molecule has 11 nitrogen and oxygen atoms in total. The molecule has 4 N–H and O–H groups in total. The topological polar surface area (TPSA) is 160 Å². The zero-order valence-electron chi connectivity index (χ0n) is 33.2. The van der Waals surface area contributed by atoms with Crippen LogP contribution in [0.4, 0.5) is 0 Å². The van der Waals surface area contributed by atoms with Gasteiger partial charge in [-0.1, -0.05) is 55.4 Å². The number of aromatic hydroxyl groups is 1. The van der Waals surface area contributed by atoms with E-state index in [4.69, 9.17) is 14.2 Å². The van der Waals surface area contributed by atoms with Crippen LogP contribution in [-0.4, -0.2) is 46.0 Å². The van der Waals surface area contributed by atoms with Gasteiger partial charge in [0.1, 0.15) is 35.1 Å². The number of carboxylic acids is 1. The second-order valence-electron chi connectivity index (χ2n) is 15.1. The quantitative estimate of drug-likeness (QED) is 0.0632. The largest absolute Gasteiger partial charge is 0.508 e. The van der Waals surface area contributed by atoms with Gasteiger partial charge in [0.2, 0.25) is 0 Å². The number of ether oxygens (including phenoxy) is 3. The number of carbonyl (C=O) groups is 4. The molecule has 0 unspecified atom stereocenters. The summed E-state index contributed by atoms with van der Waals surface area (Å²) in [7, 11) is 0. The molecule has 2 atom stereocenters. The van der Waals surface area contributed by atoms with Crippen molar-refractivity contribution < 1.29 is 43.6 Å². The van der Waals surface area contributed by atoms with Crippen LogP contribution in [0.15, 0.2) is 78.6 Å². The van der Waals surface area contributed by atoms with Gasteiger partial charge in [0, 0.05) is 22.3 Å². The van der Waals surface area contributed by atoms with E-state index in [0.717, 1.165) is 5.56 Å². The third kappa shape index (κ3) is 12.1. The highest BCUT2D eigenvalue weighted by Gasteiger charge is 2.28. The van der Waals surface area contributed by atoms with Crippen molar-refractivity contribution in [1.29, 1.82) is 0 Å². The Balaban J connectivity index is 1.52. The number of nitrogens with one attached hydrogen (secondary N) is 2. The van der Waals surface area contributed by atoms with Crippen LogP contribution >= 0.6 is 63.7 Å². The highest BCUT2D eigenvalue weighted by Crippen LogP contribution is 2.41. The Morgan fingerprint density at radius 1 is 0.638 bits per heavy atom. The Kier molecular flexibility index (Phi) is 16.4. The molecular formula is C43H46Br4N2O9. The molecule has 0 radical (unpaired) electrons. The van der Waals surface area contributed by atoms with Gasteiger partial charge in [-0.25, -0.2) is 9.59 Å². The van der Waals surface area contributed by atoms with Gasteiger partial charge in [-0.15, -0.1) is 0 Å². The maximum Gasteiger partial charge on any atom is 0.334 e. The molecular weight excluding hydrogens is 1010 g/mol. The Morgan fingerprint density at radius 2 is 1.09 bits per heavy atom. The maximum absolute atomic E-state index is 13.8. The standard InChI is InChI=1S/C43H46Br4N2O9/c1-20(2)13-34(48-40(51)24-14-30(44)38(31(45)15-24)56-26-9-11-35(50)28(18-26)21(3)4)43(55)58-36-12-10-27(19-29(36)22(5)6)57-39-32(46)16-25(17-33(39)47)41(52)49-37(23(7)8)42(53)54/h9-12,14-23,34,37,50H,13H2,1-8H3,(H,48,51)(H,49,52)(H,53,54)/t34-,37-/m0/s1. The molecule has 0 fully saturated rings. The van der Waals surface area contributed by atoms with Gasteiger partial charge in [0.05, 0.1) is 17.9 Å². The van der Waals surface area contributed by atoms with E-state index >= 15 is 0 Å². The fraction of sp³-hybridized carbons (Fsp3) is 0.349. The Bertz CT molecular complexity index is 2140. The minimum atomic E-state index is -1.13. The van der Waals surface area contributed by atoms with E-state index < -0.39 is 35.8 Å². The van der Waals surface area contributed by atoms with Crippen LogP contribution in [0.3, 0.4) is 0 Å². The molecule has 4 aromatic carbocycles. The predicted octanol–water partition coefficient (Wildman–Crippen LogP) is 11.9. The summed E-state index contributed by atoms with van der Waals surface area (Å²) < 4.78 is 20.2. The molecule has 15 heteroatoms.